The van der Waals surface area contributed by atoms with Gasteiger partial charge in [0.15, 0.2) is 0 Å². The van der Waals surface area contributed by atoms with E-state index in [-0.39, 0.29) is 0 Å². The fourth-order valence-corrected chi connectivity index (χ4v) is 2.43. The Morgan fingerprint density at radius 1 is 1.36 bits per heavy atom. The monoisotopic (exact) mass is 173 g/mol. The van der Waals surface area contributed by atoms with E-state index >= 15 is 0 Å². The molecule has 0 saturated carbocycles. The third kappa shape index (κ3) is 2.54. The second-order valence-corrected chi connectivity index (χ2v) is 5.06. The molecule has 1 saturated heterocycles. The second kappa shape index (κ2) is 3.26. The van der Waals surface area contributed by atoms with Crippen molar-refractivity contribution in [2.75, 3.05) is 11.5 Å². The lowest BCUT2D eigenvalue weighted by Crippen LogP contribution is -2.14. The Kier molecular flexibility index (Phi) is 2.55. The lowest BCUT2D eigenvalue weighted by atomic mass is 10.1. The molecular formula is C7H11NO2S. The number of allylic oxidation sites excluding steroid dienone is 2. The van der Waals surface area contributed by atoms with Crippen molar-refractivity contribution in [1.82, 2.24) is 0 Å². The van der Waals surface area contributed by atoms with Crippen LogP contribution in [0.2, 0.25) is 0 Å². The van der Waals surface area contributed by atoms with Gasteiger partial charge in [-0.3, -0.25) is 9.11 Å². The van der Waals surface area contributed by atoms with E-state index in [2.05, 4.69) is 0 Å². The fraction of sp³-hybridized carbons (Fsp3) is 0.571. The minimum absolute atomic E-state index is 0.431. The summed E-state index contributed by atoms with van der Waals surface area (Å²) in [6.07, 6.45) is 2.83. The zero-order chi connectivity index (χ0) is 8.32. The first kappa shape index (κ1) is 8.60. The molecule has 0 aromatic rings. The molecule has 4 heteroatoms. The van der Waals surface area contributed by atoms with E-state index < -0.39 is 10.6 Å². The van der Waals surface area contributed by atoms with Gasteiger partial charge in [-0.25, -0.2) is 0 Å². The molecule has 0 spiro atoms. The molecule has 1 fully saturated rings. The van der Waals surface area contributed by atoms with Crippen LogP contribution in [0.25, 0.3) is 0 Å². The summed E-state index contributed by atoms with van der Waals surface area (Å²) in [7, 11) is -2.28. The summed E-state index contributed by atoms with van der Waals surface area (Å²) < 4.78 is 18.4. The van der Waals surface area contributed by atoms with Crippen LogP contribution in [0.1, 0.15) is 12.8 Å². The molecule has 0 unspecified atom stereocenters. The summed E-state index contributed by atoms with van der Waals surface area (Å²) in [5.74, 6) is 0.862. The lowest BCUT2D eigenvalue weighted by Gasteiger charge is -2.36. The van der Waals surface area contributed by atoms with Crippen molar-refractivity contribution in [1.29, 1.82) is 5.26 Å². The van der Waals surface area contributed by atoms with Crippen LogP contribution in [0.5, 0.6) is 0 Å². The Hall–Kier alpha value is -0.500. The van der Waals surface area contributed by atoms with Gasteiger partial charge in [-0.1, -0.05) is 5.57 Å². The third-order valence-electron chi connectivity index (χ3n) is 1.77. The highest BCUT2D eigenvalue weighted by Crippen LogP contribution is 2.45. The summed E-state index contributed by atoms with van der Waals surface area (Å²) in [5, 5.41) is 8.30. The van der Waals surface area contributed by atoms with Crippen LogP contribution in [0.15, 0.2) is 11.6 Å². The highest BCUT2D eigenvalue weighted by Gasteiger charge is 2.18. The quantitative estimate of drug-likeness (QED) is 0.550. The molecule has 62 valence electrons. The average molecular weight is 173 g/mol. The normalized spacial score (nSPS) is 25.4. The largest absolute Gasteiger partial charge is 0.299 e. The molecule has 0 aliphatic carbocycles. The number of hydrogen-bond donors (Lipinski definition) is 2. The van der Waals surface area contributed by atoms with Gasteiger partial charge in [0, 0.05) is 17.6 Å². The van der Waals surface area contributed by atoms with Gasteiger partial charge in [0.1, 0.15) is 0 Å². The maximum Gasteiger partial charge on any atom is 0.0911 e. The molecule has 1 rings (SSSR count). The van der Waals surface area contributed by atoms with E-state index in [1.165, 1.54) is 6.08 Å². The van der Waals surface area contributed by atoms with Gasteiger partial charge in [-0.05, 0) is 12.8 Å². The molecule has 1 aliphatic rings. The minimum Gasteiger partial charge on any atom is -0.299 e. The van der Waals surface area contributed by atoms with Crippen molar-refractivity contribution in [3.63, 3.8) is 0 Å². The van der Waals surface area contributed by atoms with E-state index in [0.29, 0.717) is 24.3 Å². The van der Waals surface area contributed by atoms with E-state index in [1.807, 2.05) is 6.07 Å². The summed E-state index contributed by atoms with van der Waals surface area (Å²) >= 11 is 0. The molecule has 0 aromatic carbocycles. The number of nitriles is 1. The van der Waals surface area contributed by atoms with Crippen molar-refractivity contribution in [3.05, 3.63) is 11.6 Å². The smallest absolute Gasteiger partial charge is 0.0911 e. The predicted molar refractivity (Wildman–Crippen MR) is 45.5 cm³/mol. The van der Waals surface area contributed by atoms with Gasteiger partial charge in [0.2, 0.25) is 0 Å². The van der Waals surface area contributed by atoms with Crippen molar-refractivity contribution >= 4 is 10.6 Å². The van der Waals surface area contributed by atoms with Crippen LogP contribution in [0, 0.1) is 11.3 Å². The summed E-state index contributed by atoms with van der Waals surface area (Å²) in [5.41, 5.74) is 1.04. The molecule has 0 radical (unpaired) electrons. The van der Waals surface area contributed by atoms with Crippen molar-refractivity contribution in [3.8, 4) is 6.07 Å². The first-order valence-electron chi connectivity index (χ1n) is 3.45. The summed E-state index contributed by atoms with van der Waals surface area (Å²) in [6, 6.07) is 1.95. The molecule has 1 heterocycles. The first-order valence-corrected chi connectivity index (χ1v) is 5.34. The summed E-state index contributed by atoms with van der Waals surface area (Å²) in [4.78, 5) is 0. The SMILES string of the molecule is N#CC=C1CCS(O)(O)CC1. The topological polar surface area (TPSA) is 64.2 Å². The Balaban J connectivity index is 2.50. The van der Waals surface area contributed by atoms with Gasteiger partial charge in [-0.2, -0.15) is 15.9 Å². The molecule has 0 bridgehead atoms. The molecular weight excluding hydrogens is 162 g/mol. The van der Waals surface area contributed by atoms with Crippen molar-refractivity contribution < 1.29 is 9.11 Å². The van der Waals surface area contributed by atoms with Crippen molar-refractivity contribution in [2.45, 2.75) is 12.8 Å². The van der Waals surface area contributed by atoms with Crippen molar-refractivity contribution in [2.24, 2.45) is 0 Å². The minimum atomic E-state index is -2.28. The van der Waals surface area contributed by atoms with E-state index in [4.69, 9.17) is 5.26 Å². The molecule has 1 aliphatic heterocycles. The Labute approximate surface area is 67.7 Å². The number of rotatable bonds is 0. The standard InChI is InChI=1S/C7H11NO2S/c8-4-1-7-2-5-11(9,10)6-3-7/h1,9-10H,2-3,5-6H2. The fourth-order valence-electron chi connectivity index (χ4n) is 1.05. The number of nitrogens with zero attached hydrogens (tertiary/aromatic N) is 1. The van der Waals surface area contributed by atoms with E-state index in [9.17, 15) is 9.11 Å². The molecule has 3 nitrogen and oxygen atoms in total. The Bertz CT molecular complexity index is 205. The average Bonchev–Trinajstić information content (AvgIpc) is 1.94. The van der Waals surface area contributed by atoms with Gasteiger partial charge < -0.3 is 0 Å². The highest BCUT2D eigenvalue weighted by atomic mass is 32.3. The van der Waals surface area contributed by atoms with Gasteiger partial charge in [0.25, 0.3) is 0 Å². The molecule has 0 atom stereocenters. The molecule has 0 amide bonds. The second-order valence-electron chi connectivity index (χ2n) is 2.64. The predicted octanol–water partition coefficient (Wildman–Crippen LogP) is 1.98. The number of hydrogen-bond acceptors (Lipinski definition) is 3. The van der Waals surface area contributed by atoms with Gasteiger partial charge in [-0.15, -0.1) is 0 Å². The molecule has 2 N–H and O–H groups in total. The molecule has 11 heavy (non-hydrogen) atoms. The van der Waals surface area contributed by atoms with Crippen LogP contribution < -0.4 is 0 Å². The Morgan fingerprint density at radius 3 is 2.36 bits per heavy atom. The van der Waals surface area contributed by atoms with Crippen LogP contribution in [0.3, 0.4) is 0 Å². The lowest BCUT2D eigenvalue weighted by molar-refractivity contribution is 0.480. The van der Waals surface area contributed by atoms with E-state index in [0.717, 1.165) is 5.57 Å². The van der Waals surface area contributed by atoms with Gasteiger partial charge >= 0.3 is 0 Å². The van der Waals surface area contributed by atoms with Gasteiger partial charge in [0.05, 0.1) is 6.07 Å². The third-order valence-corrected chi connectivity index (χ3v) is 3.48. The molecule has 0 aromatic heterocycles. The zero-order valence-electron chi connectivity index (χ0n) is 6.16. The highest BCUT2D eigenvalue weighted by molar-refractivity contribution is 8.24. The Morgan fingerprint density at radius 2 is 1.91 bits per heavy atom. The summed E-state index contributed by atoms with van der Waals surface area (Å²) in [6.45, 7) is 0. The zero-order valence-corrected chi connectivity index (χ0v) is 6.97. The maximum absolute atomic E-state index is 9.19. The maximum atomic E-state index is 9.19. The van der Waals surface area contributed by atoms with E-state index in [1.54, 1.807) is 0 Å². The first-order chi connectivity index (χ1) is 5.14. The van der Waals surface area contributed by atoms with Crippen LogP contribution in [-0.4, -0.2) is 20.6 Å². The van der Waals surface area contributed by atoms with Crippen LogP contribution >= 0.6 is 10.6 Å². The van der Waals surface area contributed by atoms with Crippen LogP contribution in [-0.2, 0) is 0 Å². The van der Waals surface area contributed by atoms with Crippen LogP contribution in [0.4, 0.5) is 0 Å².